The van der Waals surface area contributed by atoms with E-state index in [9.17, 15) is 9.59 Å². The first-order valence-corrected chi connectivity index (χ1v) is 20.8. The number of amides is 1. The lowest BCUT2D eigenvalue weighted by molar-refractivity contribution is -0.142. The zero-order valence-electron chi connectivity index (χ0n) is 31.0. The number of nitrogens with one attached hydrogen (secondary N) is 1. The number of hydrogen-bond acceptors (Lipinski definition) is 16. The van der Waals surface area contributed by atoms with Gasteiger partial charge in [-0.2, -0.15) is 0 Å². The van der Waals surface area contributed by atoms with Gasteiger partial charge < -0.3 is 67.3 Å². The smallest absolute Gasteiger partial charge is 0.329 e. The molecule has 2 N–H and O–H groups in total. The third-order valence-electron chi connectivity index (χ3n) is 6.79. The quantitative estimate of drug-likeness (QED) is 0.0678. The molecule has 0 aromatic heterocycles. The normalized spacial score (nSPS) is 14.3. The first kappa shape index (κ1) is 49.2. The molecule has 0 unspecified atom stereocenters. The Morgan fingerprint density at radius 3 is 1.17 bits per heavy atom. The summed E-state index contributed by atoms with van der Waals surface area (Å²) in [6.07, 6.45) is 5.19. The molecule has 0 radical (unpaired) electrons. The van der Waals surface area contributed by atoms with Crippen molar-refractivity contribution in [3.8, 4) is 0 Å². The molecule has 308 valence electrons. The molecular formula is C34H65NO15S2. The molecule has 1 saturated heterocycles. The van der Waals surface area contributed by atoms with Crippen molar-refractivity contribution in [2.24, 2.45) is 0 Å². The minimum absolute atomic E-state index is 0.103. The van der Waals surface area contributed by atoms with E-state index in [0.29, 0.717) is 158 Å². The van der Waals surface area contributed by atoms with Crippen LogP contribution < -0.4 is 5.32 Å². The summed E-state index contributed by atoms with van der Waals surface area (Å²) in [7, 11) is 3.96. The summed E-state index contributed by atoms with van der Waals surface area (Å²) in [5.41, 5.74) is 0. The Morgan fingerprint density at radius 1 is 0.500 bits per heavy atom. The molecule has 52 heavy (non-hydrogen) atoms. The summed E-state index contributed by atoms with van der Waals surface area (Å²) >= 11 is 0. The van der Waals surface area contributed by atoms with Crippen LogP contribution in [0.5, 0.6) is 0 Å². The maximum absolute atomic E-state index is 11.9. The molecule has 0 aromatic carbocycles. The van der Waals surface area contributed by atoms with Crippen LogP contribution in [0.4, 0.5) is 0 Å². The molecule has 18 heteroatoms. The molecule has 1 heterocycles. The SMILES string of the molecule is O=C(O)COCCOCCOCCOCCOCCOCCOCCOCCOCCOCCOCCOCCNC(=O)CCCC[C@@H]1CCSS1. The van der Waals surface area contributed by atoms with Gasteiger partial charge in [-0.3, -0.25) is 4.79 Å². The number of carbonyl (C=O) groups is 2. The fourth-order valence-electron chi connectivity index (χ4n) is 4.15. The van der Waals surface area contributed by atoms with Gasteiger partial charge in [0, 0.05) is 24.0 Å². The molecule has 0 saturated carbocycles. The second-order valence-corrected chi connectivity index (χ2v) is 13.9. The molecule has 1 aliphatic heterocycles. The lowest BCUT2D eigenvalue weighted by Crippen LogP contribution is -2.27. The van der Waals surface area contributed by atoms with Crippen LogP contribution in [0.15, 0.2) is 0 Å². The van der Waals surface area contributed by atoms with Crippen molar-refractivity contribution in [2.45, 2.75) is 37.4 Å². The summed E-state index contributed by atoms with van der Waals surface area (Å²) in [6, 6.07) is 0. The lowest BCUT2D eigenvalue weighted by Gasteiger charge is -2.09. The minimum atomic E-state index is -0.998. The van der Waals surface area contributed by atoms with Crippen LogP contribution in [0.25, 0.3) is 0 Å². The number of ether oxygens (including phenoxy) is 12. The monoisotopic (exact) mass is 791 g/mol. The van der Waals surface area contributed by atoms with Crippen molar-refractivity contribution in [2.75, 3.05) is 171 Å². The van der Waals surface area contributed by atoms with Crippen LogP contribution in [0.2, 0.25) is 0 Å². The van der Waals surface area contributed by atoms with E-state index < -0.39 is 5.97 Å². The van der Waals surface area contributed by atoms with Gasteiger partial charge in [0.15, 0.2) is 0 Å². The number of carboxylic acid groups (broad SMARTS) is 1. The summed E-state index contributed by atoms with van der Waals surface area (Å²) in [5, 5.41) is 12.1. The van der Waals surface area contributed by atoms with Gasteiger partial charge in [0.1, 0.15) is 6.61 Å². The Labute approximate surface area is 317 Å². The molecular weight excluding hydrogens is 726 g/mol. The fraction of sp³-hybridized carbons (Fsp3) is 0.941. The highest BCUT2D eigenvalue weighted by Gasteiger charge is 2.15. The second kappa shape index (κ2) is 41.3. The fourth-order valence-corrected chi connectivity index (χ4v) is 7.18. The number of hydrogen-bond donors (Lipinski definition) is 2. The van der Waals surface area contributed by atoms with Gasteiger partial charge in [-0.1, -0.05) is 28.0 Å². The largest absolute Gasteiger partial charge is 0.480 e. The number of carboxylic acids is 1. The molecule has 1 amide bonds. The van der Waals surface area contributed by atoms with Crippen LogP contribution in [0, 0.1) is 0 Å². The Hall–Kier alpha value is -0.840. The molecule has 1 aliphatic rings. The average molecular weight is 792 g/mol. The zero-order valence-corrected chi connectivity index (χ0v) is 32.6. The topological polar surface area (TPSA) is 177 Å². The first-order valence-electron chi connectivity index (χ1n) is 18.4. The second-order valence-electron chi connectivity index (χ2n) is 11.1. The van der Waals surface area contributed by atoms with E-state index in [4.69, 9.17) is 61.9 Å². The van der Waals surface area contributed by atoms with Gasteiger partial charge in [0.05, 0.1) is 152 Å². The Kier molecular flexibility index (Phi) is 39.1. The van der Waals surface area contributed by atoms with E-state index in [1.807, 2.05) is 21.6 Å². The third-order valence-corrected chi connectivity index (χ3v) is 9.80. The summed E-state index contributed by atoms with van der Waals surface area (Å²) in [4.78, 5) is 22.2. The Bertz CT molecular complexity index is 772. The van der Waals surface area contributed by atoms with Crippen molar-refractivity contribution >= 4 is 33.5 Å². The predicted octanol–water partition coefficient (Wildman–Crippen LogP) is 2.10. The molecule has 0 bridgehead atoms. The predicted molar refractivity (Wildman–Crippen MR) is 197 cm³/mol. The molecule has 0 spiro atoms. The number of unbranched alkanes of at least 4 members (excludes halogenated alkanes) is 1. The third kappa shape index (κ3) is 38.9. The van der Waals surface area contributed by atoms with Crippen LogP contribution in [0.1, 0.15) is 32.1 Å². The number of carbonyl (C=O) groups excluding carboxylic acids is 1. The van der Waals surface area contributed by atoms with Gasteiger partial charge in [-0.05, 0) is 19.3 Å². The van der Waals surface area contributed by atoms with E-state index in [0.717, 1.165) is 18.1 Å². The van der Waals surface area contributed by atoms with Gasteiger partial charge in [-0.15, -0.1) is 0 Å². The van der Waals surface area contributed by atoms with Crippen molar-refractivity contribution in [3.05, 3.63) is 0 Å². The van der Waals surface area contributed by atoms with Crippen LogP contribution in [0.3, 0.4) is 0 Å². The highest BCUT2D eigenvalue weighted by atomic mass is 33.1. The maximum Gasteiger partial charge on any atom is 0.329 e. The van der Waals surface area contributed by atoms with Crippen molar-refractivity contribution in [1.82, 2.24) is 5.32 Å². The van der Waals surface area contributed by atoms with Gasteiger partial charge in [0.25, 0.3) is 0 Å². The number of rotatable bonds is 43. The summed E-state index contributed by atoms with van der Waals surface area (Å²) in [6.45, 7) is 10.8. The highest BCUT2D eigenvalue weighted by molar-refractivity contribution is 8.77. The lowest BCUT2D eigenvalue weighted by atomic mass is 10.1. The van der Waals surface area contributed by atoms with E-state index in [1.54, 1.807) is 0 Å². The number of aliphatic carboxylic acids is 1. The van der Waals surface area contributed by atoms with Crippen molar-refractivity contribution in [1.29, 1.82) is 0 Å². The first-order chi connectivity index (χ1) is 25.7. The minimum Gasteiger partial charge on any atom is -0.480 e. The van der Waals surface area contributed by atoms with Crippen LogP contribution in [-0.2, 0) is 66.4 Å². The zero-order chi connectivity index (χ0) is 37.3. The maximum atomic E-state index is 11.9. The molecule has 1 fully saturated rings. The van der Waals surface area contributed by atoms with E-state index >= 15 is 0 Å². The van der Waals surface area contributed by atoms with E-state index in [2.05, 4.69) is 5.32 Å². The average Bonchev–Trinajstić information content (AvgIpc) is 3.66. The molecule has 1 rings (SSSR count). The molecule has 16 nitrogen and oxygen atoms in total. The van der Waals surface area contributed by atoms with Gasteiger partial charge in [-0.25, -0.2) is 4.79 Å². The molecule has 0 aromatic rings. The van der Waals surface area contributed by atoms with Crippen molar-refractivity contribution in [3.63, 3.8) is 0 Å². The van der Waals surface area contributed by atoms with Crippen molar-refractivity contribution < 1.29 is 71.5 Å². The van der Waals surface area contributed by atoms with E-state index in [-0.39, 0.29) is 19.1 Å². The summed E-state index contributed by atoms with van der Waals surface area (Å²) < 4.78 is 64.7. The van der Waals surface area contributed by atoms with Crippen LogP contribution >= 0.6 is 21.6 Å². The van der Waals surface area contributed by atoms with E-state index in [1.165, 1.54) is 18.6 Å². The van der Waals surface area contributed by atoms with Crippen LogP contribution in [-0.4, -0.2) is 193 Å². The van der Waals surface area contributed by atoms with Gasteiger partial charge >= 0.3 is 5.97 Å². The Balaban J connectivity index is 1.61. The highest BCUT2D eigenvalue weighted by Crippen LogP contribution is 2.39. The van der Waals surface area contributed by atoms with Gasteiger partial charge in [0.2, 0.25) is 5.91 Å². The molecule has 0 aliphatic carbocycles. The molecule has 1 atom stereocenters. The summed E-state index contributed by atoms with van der Waals surface area (Å²) in [5.74, 6) is 0.368. The Morgan fingerprint density at radius 2 is 0.846 bits per heavy atom. The standard InChI is InChI=1S/C34H65NO15S2/c36-33(4-2-1-3-32-5-30-51-52-32)35-6-7-39-8-9-40-10-11-41-12-13-42-14-15-43-16-17-44-18-19-45-20-21-46-22-23-47-24-25-48-26-27-49-28-29-50-31-34(37)38/h32H,1-31H2,(H,35,36)(H,37,38)/t32-/m1/s1.